The fraction of sp³-hybridized carbons (Fsp3) is 0.0833. The number of sulfonamides is 1. The minimum absolute atomic E-state index is 0.0293. The van der Waals surface area contributed by atoms with Crippen LogP contribution in [0.3, 0.4) is 0 Å². The van der Waals surface area contributed by atoms with E-state index in [2.05, 4.69) is 10.2 Å². The average molecular weight is 308 g/mol. The van der Waals surface area contributed by atoms with Crippen LogP contribution in [0.2, 0.25) is 0 Å². The molecule has 110 valence electrons. The quantitative estimate of drug-likeness (QED) is 0.363. The monoisotopic (exact) mass is 308 g/mol. The maximum absolute atomic E-state index is 11.9. The van der Waals surface area contributed by atoms with Gasteiger partial charge < -0.3 is 9.94 Å². The predicted molar refractivity (Wildman–Crippen MR) is 74.1 cm³/mol. The van der Waals surface area contributed by atoms with Crippen LogP contribution < -0.4 is 14.4 Å². The molecule has 2 rings (SSSR count). The van der Waals surface area contributed by atoms with Crippen molar-refractivity contribution in [1.82, 2.24) is 9.93 Å². The first-order chi connectivity index (χ1) is 10.0. The molecule has 0 amide bonds. The molecule has 8 nitrogen and oxygen atoms in total. The third-order valence-electron chi connectivity index (χ3n) is 2.48. The van der Waals surface area contributed by atoms with Gasteiger partial charge in [-0.25, -0.2) is 0 Å². The highest BCUT2D eigenvalue weighted by Gasteiger charge is 2.12. The number of methoxy groups -OCH3 is 1. The third kappa shape index (κ3) is 3.66. The number of aromatic nitrogens is 2. The Labute approximate surface area is 121 Å². The van der Waals surface area contributed by atoms with E-state index in [4.69, 9.17) is 4.74 Å². The van der Waals surface area contributed by atoms with E-state index in [-0.39, 0.29) is 10.6 Å². The lowest BCUT2D eigenvalue weighted by Crippen LogP contribution is -2.35. The highest BCUT2D eigenvalue weighted by atomic mass is 32.2. The van der Waals surface area contributed by atoms with Gasteiger partial charge in [0.1, 0.15) is 12.0 Å². The normalized spacial score (nSPS) is 11.5. The summed E-state index contributed by atoms with van der Waals surface area (Å²) in [5, 5.41) is 18.2. The van der Waals surface area contributed by atoms with E-state index in [0.29, 0.717) is 10.6 Å². The minimum Gasteiger partial charge on any atom is -0.594 e. The number of hydrazone groups is 1. The molecule has 0 aliphatic rings. The number of benzene rings is 1. The molecule has 1 heterocycles. The van der Waals surface area contributed by atoms with Crippen LogP contribution in [0.25, 0.3) is 0 Å². The van der Waals surface area contributed by atoms with Crippen molar-refractivity contribution in [2.75, 3.05) is 7.11 Å². The molecule has 0 saturated carbocycles. The van der Waals surface area contributed by atoms with Gasteiger partial charge in [-0.1, -0.05) is 0 Å². The maximum atomic E-state index is 11.9. The van der Waals surface area contributed by atoms with Gasteiger partial charge in [-0.05, 0) is 35.2 Å². The van der Waals surface area contributed by atoms with E-state index in [0.717, 1.165) is 6.21 Å². The van der Waals surface area contributed by atoms with E-state index in [9.17, 15) is 13.6 Å². The molecule has 9 heteroatoms. The Balaban J connectivity index is 2.12. The number of hydrogen-bond donors (Lipinski definition) is 1. The number of nitrogens with one attached hydrogen (secondary N) is 1. The molecule has 0 atom stereocenters. The van der Waals surface area contributed by atoms with E-state index in [1.165, 1.54) is 49.7 Å². The van der Waals surface area contributed by atoms with Crippen molar-refractivity contribution in [3.8, 4) is 5.75 Å². The largest absolute Gasteiger partial charge is 0.594 e. The highest BCUT2D eigenvalue weighted by molar-refractivity contribution is 7.89. The second-order valence-corrected chi connectivity index (χ2v) is 5.51. The Bertz CT molecular complexity index is 744. The Morgan fingerprint density at radius 3 is 2.67 bits per heavy atom. The van der Waals surface area contributed by atoms with Crippen LogP contribution in [-0.2, 0) is 10.0 Å². The topological polar surface area (TPSA) is 108 Å². The zero-order chi connectivity index (χ0) is 15.3. The lowest BCUT2D eigenvalue weighted by molar-refractivity contribution is -0.670. The second kappa shape index (κ2) is 6.18. The first-order valence-corrected chi connectivity index (χ1v) is 7.25. The second-order valence-electron chi connectivity index (χ2n) is 3.85. The van der Waals surface area contributed by atoms with Crippen molar-refractivity contribution >= 4 is 16.2 Å². The molecule has 0 radical (unpaired) electrons. The molecule has 0 saturated heterocycles. The zero-order valence-electron chi connectivity index (χ0n) is 11.0. The van der Waals surface area contributed by atoms with E-state index in [1.807, 2.05) is 4.83 Å². The van der Waals surface area contributed by atoms with Crippen molar-refractivity contribution in [1.29, 1.82) is 0 Å². The molecule has 2 aromatic rings. The summed E-state index contributed by atoms with van der Waals surface area (Å²) in [7, 11) is -2.32. The molecule has 0 unspecified atom stereocenters. The Hall–Kier alpha value is -2.68. The molecule has 1 aromatic carbocycles. The van der Waals surface area contributed by atoms with Crippen LogP contribution in [-0.4, -0.2) is 26.8 Å². The Kier molecular flexibility index (Phi) is 4.33. The number of nitrogens with zero attached hydrogens (tertiary/aromatic N) is 3. The lowest BCUT2D eigenvalue weighted by atomic mass is 10.3. The van der Waals surface area contributed by atoms with Gasteiger partial charge in [-0.15, -0.1) is 0 Å². The number of ether oxygens (including phenoxy) is 1. The summed E-state index contributed by atoms with van der Waals surface area (Å²) in [4.78, 5) is 2.36. The Morgan fingerprint density at radius 1 is 1.33 bits per heavy atom. The van der Waals surface area contributed by atoms with Gasteiger partial charge in [-0.2, -0.15) is 18.4 Å². The molecular weight excluding hydrogens is 296 g/mol. The van der Waals surface area contributed by atoms with Crippen LogP contribution >= 0.6 is 0 Å². The van der Waals surface area contributed by atoms with Crippen LogP contribution in [0.1, 0.15) is 5.69 Å². The summed E-state index contributed by atoms with van der Waals surface area (Å²) < 4.78 is 28.8. The van der Waals surface area contributed by atoms with Crippen LogP contribution in [0, 0.1) is 5.21 Å². The summed E-state index contributed by atoms with van der Waals surface area (Å²) in [5.41, 5.74) is 0.106. The molecule has 0 aliphatic heterocycles. The first kappa shape index (κ1) is 14.7. The number of hydrogen-bond acceptors (Lipinski definition) is 6. The zero-order valence-corrected chi connectivity index (χ0v) is 11.8. The van der Waals surface area contributed by atoms with Gasteiger partial charge in [0, 0.05) is 11.2 Å². The molecule has 0 bridgehead atoms. The van der Waals surface area contributed by atoms with Gasteiger partial charge in [-0.3, -0.25) is 0 Å². The van der Waals surface area contributed by atoms with E-state index >= 15 is 0 Å². The van der Waals surface area contributed by atoms with E-state index < -0.39 is 10.0 Å². The Morgan fingerprint density at radius 2 is 2.05 bits per heavy atom. The highest BCUT2D eigenvalue weighted by Crippen LogP contribution is 2.15. The van der Waals surface area contributed by atoms with Crippen LogP contribution in [0.4, 0.5) is 0 Å². The average Bonchev–Trinajstić information content (AvgIpc) is 2.49. The smallest absolute Gasteiger partial charge is 0.276 e. The number of rotatable bonds is 5. The van der Waals surface area contributed by atoms with Gasteiger partial charge >= 0.3 is 0 Å². The molecule has 0 aliphatic carbocycles. The summed E-state index contributed by atoms with van der Waals surface area (Å²) in [6.07, 6.45) is 2.38. The molecule has 1 N–H and O–H groups in total. The van der Waals surface area contributed by atoms with E-state index in [1.54, 1.807) is 0 Å². The lowest BCUT2D eigenvalue weighted by Gasteiger charge is -2.04. The first-order valence-electron chi connectivity index (χ1n) is 5.77. The van der Waals surface area contributed by atoms with Gasteiger partial charge in [0.25, 0.3) is 15.7 Å². The van der Waals surface area contributed by atoms with Crippen molar-refractivity contribution in [2.24, 2.45) is 5.10 Å². The molecular formula is C12H12N4O4S. The standard InChI is InChI=1S/C12H12N4O4S/c1-20-11-4-6-12(7-5-11)21(18,19)15-13-9-10-3-2-8-14-16(10)17/h2-9,15H,1H3/b13-9+. The van der Waals surface area contributed by atoms with Crippen molar-refractivity contribution in [3.05, 3.63) is 53.5 Å². The summed E-state index contributed by atoms with van der Waals surface area (Å²) >= 11 is 0. The van der Waals surface area contributed by atoms with Crippen molar-refractivity contribution < 1.29 is 18.0 Å². The van der Waals surface area contributed by atoms with Crippen molar-refractivity contribution in [3.63, 3.8) is 0 Å². The minimum atomic E-state index is -3.80. The summed E-state index contributed by atoms with van der Waals surface area (Å²) in [6, 6.07) is 8.79. The molecule has 21 heavy (non-hydrogen) atoms. The van der Waals surface area contributed by atoms with Crippen LogP contribution in [0.15, 0.2) is 52.6 Å². The fourth-order valence-electron chi connectivity index (χ4n) is 1.43. The molecule has 0 spiro atoms. The van der Waals surface area contributed by atoms with Gasteiger partial charge in [0.15, 0.2) is 0 Å². The molecule has 1 aromatic heterocycles. The SMILES string of the molecule is COc1ccc(S(=O)(=O)N/N=C/c2cccn[n+]2[O-])cc1. The third-order valence-corrected chi connectivity index (χ3v) is 3.72. The predicted octanol–water partition coefficient (Wildman–Crippen LogP) is 0.0360. The van der Waals surface area contributed by atoms with Gasteiger partial charge in [0.2, 0.25) is 0 Å². The fourth-order valence-corrected chi connectivity index (χ4v) is 2.22. The molecule has 0 fully saturated rings. The van der Waals surface area contributed by atoms with Crippen molar-refractivity contribution in [2.45, 2.75) is 4.90 Å². The van der Waals surface area contributed by atoms with Crippen LogP contribution in [0.5, 0.6) is 5.75 Å². The summed E-state index contributed by atoms with van der Waals surface area (Å²) in [6.45, 7) is 0. The summed E-state index contributed by atoms with van der Waals surface area (Å²) in [5.74, 6) is 0.542. The maximum Gasteiger partial charge on any atom is 0.276 e. The van der Waals surface area contributed by atoms with Gasteiger partial charge in [0.05, 0.1) is 18.2 Å².